The van der Waals surface area contributed by atoms with E-state index in [2.05, 4.69) is 0 Å². The van der Waals surface area contributed by atoms with Gasteiger partial charge >= 0.3 is 5.63 Å². The zero-order valence-electron chi connectivity index (χ0n) is 21.6. The number of hydrogen-bond acceptors (Lipinski definition) is 9. The number of hydrogen-bond donors (Lipinski definition) is 1. The summed E-state index contributed by atoms with van der Waals surface area (Å²) in [6.07, 6.45) is 0.834. The van der Waals surface area contributed by atoms with Crippen molar-refractivity contribution in [3.8, 4) is 22.6 Å². The van der Waals surface area contributed by atoms with Gasteiger partial charge in [-0.3, -0.25) is 14.8 Å². The summed E-state index contributed by atoms with van der Waals surface area (Å²) >= 11 is 0. The maximum Gasteiger partial charge on any atom is 0.344 e. The summed E-state index contributed by atoms with van der Waals surface area (Å²) in [6, 6.07) is 17.0. The van der Waals surface area contributed by atoms with E-state index in [1.165, 1.54) is 17.7 Å². The highest BCUT2D eigenvalue weighted by atomic mass is 16.8. The third-order valence-electron chi connectivity index (χ3n) is 7.61. The number of piperidine rings is 1. The number of carbonyl (C=O) groups excluding carboxylic acids is 1. The number of rotatable bonds is 6. The average Bonchev–Trinajstić information content (AvgIpc) is 2.96. The van der Waals surface area contributed by atoms with Crippen LogP contribution in [0.5, 0.6) is 11.5 Å². The Morgan fingerprint density at radius 3 is 2.65 bits per heavy atom. The summed E-state index contributed by atoms with van der Waals surface area (Å²) < 4.78 is 18.1. The van der Waals surface area contributed by atoms with Crippen LogP contribution in [0.1, 0.15) is 18.0 Å². The van der Waals surface area contributed by atoms with Crippen LogP contribution in [0.3, 0.4) is 0 Å². The lowest BCUT2D eigenvalue weighted by Crippen LogP contribution is -2.50. The van der Waals surface area contributed by atoms with E-state index in [9.17, 15) is 24.8 Å². The smallest absolute Gasteiger partial charge is 0.344 e. The number of fused-ring (bicyclic) bond motifs is 5. The minimum atomic E-state index is -0.530. The Morgan fingerprint density at radius 1 is 1.10 bits per heavy atom. The minimum Gasteiger partial charge on any atom is -0.733 e. The van der Waals surface area contributed by atoms with Crippen molar-refractivity contribution in [2.45, 2.75) is 18.9 Å². The van der Waals surface area contributed by atoms with Crippen molar-refractivity contribution in [1.29, 1.82) is 0 Å². The number of para-hydroxylation sites is 1. The molecule has 1 N–H and O–H groups in total. The van der Waals surface area contributed by atoms with Crippen LogP contribution >= 0.6 is 0 Å². The summed E-state index contributed by atoms with van der Waals surface area (Å²) in [4.78, 5) is 40.0. The van der Waals surface area contributed by atoms with Crippen molar-refractivity contribution >= 4 is 22.6 Å². The van der Waals surface area contributed by atoms with Crippen LogP contribution < -0.4 is 25.9 Å². The zero-order valence-corrected chi connectivity index (χ0v) is 21.6. The van der Waals surface area contributed by atoms with E-state index < -0.39 is 16.4 Å². The molecule has 4 aromatic rings. The van der Waals surface area contributed by atoms with Crippen molar-refractivity contribution in [3.05, 3.63) is 92.3 Å². The van der Waals surface area contributed by atoms with E-state index in [1.54, 1.807) is 47.4 Å². The highest BCUT2D eigenvalue weighted by Crippen LogP contribution is 2.36. The quantitative estimate of drug-likeness (QED) is 0.286. The fourth-order valence-corrected chi connectivity index (χ4v) is 5.73. The van der Waals surface area contributed by atoms with Crippen LogP contribution in [0.25, 0.3) is 22.1 Å². The van der Waals surface area contributed by atoms with Gasteiger partial charge in [-0.25, -0.2) is 4.79 Å². The summed E-state index contributed by atoms with van der Waals surface area (Å²) in [5.41, 5.74) is 0.848. The summed E-state index contributed by atoms with van der Waals surface area (Å²) in [5, 5.41) is 20.8. The van der Waals surface area contributed by atoms with Gasteiger partial charge in [-0.1, -0.05) is 24.3 Å². The van der Waals surface area contributed by atoms with Gasteiger partial charge in [0.2, 0.25) is 0 Å². The second-order valence-corrected chi connectivity index (χ2v) is 10.1. The summed E-state index contributed by atoms with van der Waals surface area (Å²) in [6.45, 7) is 1.11. The molecule has 2 atom stereocenters. The third kappa shape index (κ3) is 4.59. The van der Waals surface area contributed by atoms with E-state index in [-0.39, 0.29) is 30.0 Å². The van der Waals surface area contributed by atoms with E-state index in [1.807, 2.05) is 12.1 Å². The number of ether oxygens (including phenoxy) is 2. The van der Waals surface area contributed by atoms with E-state index in [0.717, 1.165) is 17.5 Å². The molecule has 1 saturated heterocycles. The molecule has 2 aliphatic heterocycles. The number of pyridine rings is 1. The molecule has 2 aliphatic rings. The lowest BCUT2D eigenvalue weighted by molar-refractivity contribution is -0.136. The monoisotopic (exact) mass is 544 g/mol. The molecule has 1 fully saturated rings. The number of anilines is 1. The first-order chi connectivity index (χ1) is 19.3. The van der Waals surface area contributed by atoms with E-state index >= 15 is 0 Å². The van der Waals surface area contributed by atoms with Gasteiger partial charge in [0.1, 0.15) is 11.4 Å². The van der Waals surface area contributed by atoms with Crippen LogP contribution in [-0.2, 0) is 11.3 Å². The maximum absolute atomic E-state index is 13.0. The molecular weight excluding hydrogens is 518 g/mol. The lowest BCUT2D eigenvalue weighted by Gasteiger charge is -2.43. The third-order valence-corrected chi connectivity index (χ3v) is 7.61. The average molecular weight is 545 g/mol. The van der Waals surface area contributed by atoms with Crippen LogP contribution in [0.4, 0.5) is 5.69 Å². The number of benzene rings is 2. The Labute approximate surface area is 227 Å². The molecule has 40 heavy (non-hydrogen) atoms. The van der Waals surface area contributed by atoms with Gasteiger partial charge in [-0.2, -0.15) is 0 Å². The Hall–Kier alpha value is -4.61. The standard InChI is InChI=1S/C29H26N3O8/c1-38-25-4-2-3-19-12-22(29(35)40-27(19)25)18-5-7-21(8-6-18)39-16-26(33)30-13-17-11-20(15-30)23-9-10-24(32(36)37)28(34)31(23)14-17/h2-10,12,17,20,36H,11,13-16H2,1H3/q-1. The molecule has 2 aromatic heterocycles. The first-order valence-corrected chi connectivity index (χ1v) is 12.8. The molecule has 11 nitrogen and oxygen atoms in total. The maximum atomic E-state index is 13.0. The first-order valence-electron chi connectivity index (χ1n) is 12.8. The number of nitrogens with zero attached hydrogens (tertiary/aromatic N) is 3. The SMILES string of the molecule is COc1cccc2cc(-c3ccc(OCC(=O)N4CC5CC(C4)c4ccc(N([O-])O)c(=O)n4C5)cc3)c(=O)oc12. The van der Waals surface area contributed by atoms with Crippen LogP contribution in [-0.4, -0.2) is 47.4 Å². The number of methoxy groups -OCH3 is 1. The van der Waals surface area contributed by atoms with Gasteiger partial charge in [0.25, 0.3) is 11.5 Å². The van der Waals surface area contributed by atoms with Gasteiger partial charge in [-0.05, 0) is 54.3 Å². The molecule has 1 amide bonds. The molecule has 0 saturated carbocycles. The Morgan fingerprint density at radius 2 is 1.90 bits per heavy atom. The fourth-order valence-electron chi connectivity index (χ4n) is 5.73. The van der Waals surface area contributed by atoms with Crippen molar-refractivity contribution in [3.63, 3.8) is 0 Å². The van der Waals surface area contributed by atoms with Crippen molar-refractivity contribution < 1.29 is 23.9 Å². The van der Waals surface area contributed by atoms with Crippen LogP contribution in [0.15, 0.2) is 74.7 Å². The highest BCUT2D eigenvalue weighted by molar-refractivity contribution is 5.86. The fraction of sp³-hybridized carbons (Fsp3) is 0.276. The topological polar surface area (TPSA) is 138 Å². The minimum absolute atomic E-state index is 0.0508. The molecule has 2 bridgehead atoms. The van der Waals surface area contributed by atoms with Crippen molar-refractivity contribution in [2.75, 3.05) is 32.0 Å². The van der Waals surface area contributed by atoms with Gasteiger partial charge < -0.3 is 33.8 Å². The summed E-state index contributed by atoms with van der Waals surface area (Å²) in [5.74, 6) is 0.796. The molecule has 4 heterocycles. The predicted octanol–water partition coefficient (Wildman–Crippen LogP) is 3.35. The van der Waals surface area contributed by atoms with Crippen molar-refractivity contribution in [1.82, 2.24) is 9.47 Å². The van der Waals surface area contributed by atoms with Crippen LogP contribution in [0.2, 0.25) is 0 Å². The van der Waals surface area contributed by atoms with Gasteiger partial charge in [-0.15, -0.1) is 0 Å². The number of carbonyl (C=O) groups is 1. The first kappa shape index (κ1) is 25.7. The van der Waals surface area contributed by atoms with Gasteiger partial charge in [0.05, 0.1) is 12.7 Å². The second-order valence-electron chi connectivity index (χ2n) is 10.1. The number of likely N-dealkylation sites (tertiary alicyclic amines) is 1. The van der Waals surface area contributed by atoms with Crippen molar-refractivity contribution in [2.24, 2.45) is 5.92 Å². The molecule has 11 heteroatoms. The molecule has 2 unspecified atom stereocenters. The lowest BCUT2D eigenvalue weighted by atomic mass is 9.83. The molecule has 206 valence electrons. The van der Waals surface area contributed by atoms with E-state index in [4.69, 9.17) is 13.9 Å². The molecule has 0 aliphatic carbocycles. The second kappa shape index (κ2) is 10.2. The Kier molecular flexibility index (Phi) is 6.53. The molecular formula is C29H26N3O8-. The number of aromatic nitrogens is 1. The number of amides is 1. The van der Waals surface area contributed by atoms with Crippen LogP contribution in [0, 0.1) is 11.1 Å². The van der Waals surface area contributed by atoms with Gasteiger partial charge in [0, 0.05) is 36.6 Å². The van der Waals surface area contributed by atoms with Gasteiger partial charge in [0.15, 0.2) is 17.9 Å². The normalized spacial score (nSPS) is 17.8. The molecule has 0 radical (unpaired) electrons. The highest BCUT2D eigenvalue weighted by Gasteiger charge is 2.36. The molecule has 0 spiro atoms. The zero-order chi connectivity index (χ0) is 28.0. The van der Waals surface area contributed by atoms with E-state index in [0.29, 0.717) is 47.8 Å². The molecule has 2 aromatic carbocycles. The predicted molar refractivity (Wildman–Crippen MR) is 146 cm³/mol. The Balaban J connectivity index is 1.12. The molecule has 6 rings (SSSR count). The Bertz CT molecular complexity index is 1710. The summed E-state index contributed by atoms with van der Waals surface area (Å²) in [7, 11) is 1.52. The largest absolute Gasteiger partial charge is 0.733 e.